The van der Waals surface area contributed by atoms with E-state index in [1.54, 1.807) is 0 Å². The molecule has 0 radical (unpaired) electrons. The topological polar surface area (TPSA) is 146 Å². The number of carboxylic acids is 1. The summed E-state index contributed by atoms with van der Waals surface area (Å²) in [6, 6.07) is 15.6. The molecule has 1 fully saturated rings. The number of H-pyrrole nitrogens is 1. The van der Waals surface area contributed by atoms with Crippen LogP contribution in [0, 0.1) is 5.92 Å². The number of carbonyl (C=O) groups excluding carboxylic acids is 2. The molecule has 34 heavy (non-hydrogen) atoms. The zero-order chi connectivity index (χ0) is 23.7. The van der Waals surface area contributed by atoms with Gasteiger partial charge < -0.3 is 15.2 Å². The van der Waals surface area contributed by atoms with Crippen molar-refractivity contribution in [3.8, 4) is 11.1 Å². The maximum atomic E-state index is 12.4. The van der Waals surface area contributed by atoms with E-state index in [4.69, 9.17) is 4.74 Å². The third-order valence-corrected chi connectivity index (χ3v) is 6.41. The maximum Gasteiger partial charge on any atom is 0.414 e. The molecule has 10 nitrogen and oxygen atoms in total. The number of nitrogens with one attached hydrogen (secondary N) is 3. The fourth-order valence-corrected chi connectivity index (χ4v) is 4.81. The van der Waals surface area contributed by atoms with Crippen LogP contribution in [0.3, 0.4) is 0 Å². The number of carboxylic acid groups (broad SMARTS) is 1. The Kier molecular flexibility index (Phi) is 5.70. The number of amides is 2. The molecule has 1 aromatic heterocycles. The van der Waals surface area contributed by atoms with Gasteiger partial charge >= 0.3 is 12.1 Å². The minimum absolute atomic E-state index is 0.0831. The predicted octanol–water partition coefficient (Wildman–Crippen LogP) is 3.15. The van der Waals surface area contributed by atoms with E-state index < -0.39 is 29.9 Å². The van der Waals surface area contributed by atoms with E-state index in [1.807, 2.05) is 36.4 Å². The Bertz CT molecular complexity index is 1210. The lowest BCUT2D eigenvalue weighted by Gasteiger charge is -2.16. The Morgan fingerprint density at radius 1 is 1.03 bits per heavy atom. The molecule has 0 unspecified atom stereocenters. The van der Waals surface area contributed by atoms with Gasteiger partial charge in [-0.05, 0) is 35.1 Å². The van der Waals surface area contributed by atoms with Crippen molar-refractivity contribution in [3.05, 3.63) is 65.5 Å². The number of aliphatic carboxylic acids is 1. The molecule has 4 N–H and O–H groups in total. The number of rotatable bonds is 6. The Morgan fingerprint density at radius 2 is 1.71 bits per heavy atom. The zero-order valence-electron chi connectivity index (χ0n) is 18.2. The van der Waals surface area contributed by atoms with Crippen LogP contribution < -0.4 is 10.6 Å². The molecule has 10 heteroatoms. The average Bonchev–Trinajstić information content (AvgIpc) is 3.56. The standard InChI is InChI=1S/C24H23N5O5/c30-21(25-19-11-5-10-17(19)22(31)32)20-26-23(29-28-20)27-24(33)34-12-18-15-8-3-1-6-13(15)14-7-2-4-9-16(14)18/h1-4,6-9,17-19H,5,10-12H2,(H,25,30)(H,31,32)(H2,26,27,28,29,33)/t17-,19+/m0/s1. The van der Waals surface area contributed by atoms with E-state index in [-0.39, 0.29) is 24.3 Å². The van der Waals surface area contributed by atoms with Gasteiger partial charge in [0.1, 0.15) is 6.61 Å². The number of fused-ring (bicyclic) bond motifs is 3. The van der Waals surface area contributed by atoms with Crippen LogP contribution in [-0.2, 0) is 9.53 Å². The normalized spacial score (nSPS) is 18.7. The number of anilines is 1. The number of ether oxygens (including phenoxy) is 1. The highest BCUT2D eigenvalue weighted by Crippen LogP contribution is 2.44. The third kappa shape index (κ3) is 4.09. The van der Waals surface area contributed by atoms with Gasteiger partial charge in [-0.25, -0.2) is 4.79 Å². The smallest absolute Gasteiger partial charge is 0.414 e. The Hall–Kier alpha value is -4.21. The van der Waals surface area contributed by atoms with Crippen LogP contribution in [0.4, 0.5) is 10.7 Å². The molecule has 3 aromatic rings. The maximum absolute atomic E-state index is 12.4. The van der Waals surface area contributed by atoms with Crippen LogP contribution in [0.25, 0.3) is 11.1 Å². The van der Waals surface area contributed by atoms with Crippen LogP contribution >= 0.6 is 0 Å². The second-order valence-corrected chi connectivity index (χ2v) is 8.41. The van der Waals surface area contributed by atoms with Crippen molar-refractivity contribution in [1.29, 1.82) is 0 Å². The summed E-state index contributed by atoms with van der Waals surface area (Å²) in [4.78, 5) is 40.1. The first-order valence-corrected chi connectivity index (χ1v) is 11.1. The Morgan fingerprint density at radius 3 is 2.38 bits per heavy atom. The number of aromatic amines is 1. The van der Waals surface area contributed by atoms with Crippen LogP contribution in [-0.4, -0.2) is 50.9 Å². The molecule has 174 valence electrons. The van der Waals surface area contributed by atoms with Gasteiger partial charge in [0, 0.05) is 12.0 Å². The van der Waals surface area contributed by atoms with Gasteiger partial charge in [-0.2, -0.15) is 4.98 Å². The molecular formula is C24H23N5O5. The van der Waals surface area contributed by atoms with Crippen molar-refractivity contribution < 1.29 is 24.2 Å². The lowest BCUT2D eigenvalue weighted by atomic mass is 9.98. The number of benzene rings is 2. The van der Waals surface area contributed by atoms with E-state index in [0.717, 1.165) is 28.7 Å². The second kappa shape index (κ2) is 8.97. The number of hydrogen-bond acceptors (Lipinski definition) is 6. The van der Waals surface area contributed by atoms with Gasteiger partial charge in [0.15, 0.2) is 0 Å². The number of aromatic nitrogens is 3. The second-order valence-electron chi connectivity index (χ2n) is 8.41. The fourth-order valence-electron chi connectivity index (χ4n) is 4.81. The van der Waals surface area contributed by atoms with Crippen molar-refractivity contribution in [3.63, 3.8) is 0 Å². The summed E-state index contributed by atoms with van der Waals surface area (Å²) in [5.74, 6) is -2.44. The molecule has 2 aromatic carbocycles. The molecule has 1 heterocycles. The van der Waals surface area contributed by atoms with Gasteiger partial charge in [-0.3, -0.25) is 20.0 Å². The zero-order valence-corrected chi connectivity index (χ0v) is 18.2. The van der Waals surface area contributed by atoms with Crippen LogP contribution in [0.2, 0.25) is 0 Å². The van der Waals surface area contributed by atoms with Crippen LogP contribution in [0.1, 0.15) is 46.9 Å². The van der Waals surface area contributed by atoms with Crippen molar-refractivity contribution in [1.82, 2.24) is 20.5 Å². The molecule has 0 saturated heterocycles. The number of nitrogens with zero attached hydrogens (tertiary/aromatic N) is 2. The first kappa shape index (κ1) is 21.6. The molecule has 0 bridgehead atoms. The van der Waals surface area contributed by atoms with Gasteiger partial charge in [0.05, 0.1) is 5.92 Å². The first-order chi connectivity index (χ1) is 16.5. The van der Waals surface area contributed by atoms with E-state index in [9.17, 15) is 19.5 Å². The van der Waals surface area contributed by atoms with Gasteiger partial charge in [-0.1, -0.05) is 55.0 Å². The van der Waals surface area contributed by atoms with E-state index in [0.29, 0.717) is 12.8 Å². The molecule has 2 atom stereocenters. The first-order valence-electron chi connectivity index (χ1n) is 11.1. The highest BCUT2D eigenvalue weighted by atomic mass is 16.5. The summed E-state index contributed by atoms with van der Waals surface area (Å²) in [6.45, 7) is 0.135. The molecule has 0 spiro atoms. The minimum Gasteiger partial charge on any atom is -0.481 e. The van der Waals surface area contributed by atoms with Gasteiger partial charge in [-0.15, -0.1) is 5.10 Å². The summed E-state index contributed by atoms with van der Waals surface area (Å²) in [5.41, 5.74) is 4.45. The molecule has 5 rings (SSSR count). The highest BCUT2D eigenvalue weighted by Gasteiger charge is 2.34. The summed E-state index contributed by atoms with van der Waals surface area (Å²) in [7, 11) is 0. The third-order valence-electron chi connectivity index (χ3n) is 6.41. The summed E-state index contributed by atoms with van der Waals surface area (Å²) in [5, 5.41) is 20.7. The largest absolute Gasteiger partial charge is 0.481 e. The molecule has 0 aliphatic heterocycles. The summed E-state index contributed by atoms with van der Waals surface area (Å²) >= 11 is 0. The lowest BCUT2D eigenvalue weighted by molar-refractivity contribution is -0.142. The quantitative estimate of drug-likeness (QED) is 0.441. The molecular weight excluding hydrogens is 438 g/mol. The molecule has 2 aliphatic carbocycles. The molecule has 1 saturated carbocycles. The minimum atomic E-state index is -0.932. The summed E-state index contributed by atoms with van der Waals surface area (Å²) in [6.07, 6.45) is 1.09. The molecule has 2 amide bonds. The fraction of sp³-hybridized carbons (Fsp3) is 0.292. The van der Waals surface area contributed by atoms with Crippen molar-refractivity contribution >= 4 is 23.9 Å². The Balaban J connectivity index is 1.19. The monoisotopic (exact) mass is 461 g/mol. The van der Waals surface area contributed by atoms with Crippen LogP contribution in [0.5, 0.6) is 0 Å². The SMILES string of the molecule is O=C(Nc1n[nH]c(C(=O)N[C@@H]2CCC[C@@H]2C(=O)O)n1)OCC1c2ccccc2-c2ccccc21. The summed E-state index contributed by atoms with van der Waals surface area (Å²) < 4.78 is 5.45. The van der Waals surface area contributed by atoms with Crippen molar-refractivity contribution in [2.24, 2.45) is 5.92 Å². The van der Waals surface area contributed by atoms with Crippen molar-refractivity contribution in [2.45, 2.75) is 31.2 Å². The van der Waals surface area contributed by atoms with Crippen molar-refractivity contribution in [2.75, 3.05) is 11.9 Å². The molecule has 2 aliphatic rings. The average molecular weight is 461 g/mol. The number of hydrogen-bond donors (Lipinski definition) is 4. The highest BCUT2D eigenvalue weighted by molar-refractivity contribution is 5.92. The van der Waals surface area contributed by atoms with Gasteiger partial charge in [0.25, 0.3) is 11.9 Å². The Labute approximate surface area is 194 Å². The number of carbonyl (C=O) groups is 3. The van der Waals surface area contributed by atoms with Crippen LogP contribution in [0.15, 0.2) is 48.5 Å². The predicted molar refractivity (Wildman–Crippen MR) is 121 cm³/mol. The van der Waals surface area contributed by atoms with E-state index in [2.05, 4.69) is 37.9 Å². The van der Waals surface area contributed by atoms with E-state index >= 15 is 0 Å². The van der Waals surface area contributed by atoms with E-state index in [1.165, 1.54) is 0 Å². The lowest BCUT2D eigenvalue weighted by Crippen LogP contribution is -2.40. The van der Waals surface area contributed by atoms with Gasteiger partial charge in [0.2, 0.25) is 5.82 Å².